The van der Waals surface area contributed by atoms with Crippen molar-refractivity contribution in [3.63, 3.8) is 0 Å². The third kappa shape index (κ3) is 5.11. The van der Waals surface area contributed by atoms with E-state index >= 15 is 0 Å². The molecule has 1 heterocycles. The first kappa shape index (κ1) is 16.4. The van der Waals surface area contributed by atoms with E-state index in [-0.39, 0.29) is 0 Å². The fourth-order valence-electron chi connectivity index (χ4n) is 2.39. The molecule has 4 heteroatoms. The number of thioether (sulfide) groups is 1. The molecule has 3 nitrogen and oxygen atoms in total. The Labute approximate surface area is 122 Å². The Morgan fingerprint density at radius 3 is 2.11 bits per heavy atom. The van der Waals surface area contributed by atoms with Crippen LogP contribution in [0.15, 0.2) is 0 Å². The van der Waals surface area contributed by atoms with Crippen molar-refractivity contribution >= 4 is 11.8 Å². The molecular weight excluding hydrogens is 254 g/mol. The van der Waals surface area contributed by atoms with Crippen LogP contribution in [0, 0.1) is 19.8 Å². The van der Waals surface area contributed by atoms with Gasteiger partial charge in [0.25, 0.3) is 0 Å². The third-order valence-corrected chi connectivity index (χ3v) is 3.69. The Bertz CT molecular complexity index is 381. The fraction of sp³-hybridized carbons (Fsp3) is 0.733. The first-order valence-electron chi connectivity index (χ1n) is 6.99. The van der Waals surface area contributed by atoms with Crippen molar-refractivity contribution < 1.29 is 0 Å². The van der Waals surface area contributed by atoms with E-state index in [1.165, 1.54) is 5.56 Å². The Morgan fingerprint density at radius 2 is 1.63 bits per heavy atom. The molecule has 1 aromatic heterocycles. The van der Waals surface area contributed by atoms with E-state index in [4.69, 9.17) is 0 Å². The molecule has 19 heavy (non-hydrogen) atoms. The lowest BCUT2D eigenvalue weighted by Gasteiger charge is -2.18. The molecule has 0 aliphatic heterocycles. The average Bonchev–Trinajstić information content (AvgIpc) is 2.27. The molecule has 0 spiro atoms. The zero-order valence-corrected chi connectivity index (χ0v) is 13.9. The summed E-state index contributed by atoms with van der Waals surface area (Å²) < 4.78 is 0. The summed E-state index contributed by atoms with van der Waals surface area (Å²) in [5.74, 6) is 2.99. The minimum atomic E-state index is 0.460. The Hall–Kier alpha value is -0.610. The van der Waals surface area contributed by atoms with Gasteiger partial charge in [0.05, 0.1) is 5.75 Å². The van der Waals surface area contributed by atoms with Crippen LogP contribution in [0.2, 0.25) is 0 Å². The molecule has 1 aromatic rings. The highest BCUT2D eigenvalue weighted by atomic mass is 32.2. The van der Waals surface area contributed by atoms with Gasteiger partial charge in [-0.25, -0.2) is 9.97 Å². The maximum absolute atomic E-state index is 4.63. The Balaban J connectivity index is 2.76. The van der Waals surface area contributed by atoms with Crippen molar-refractivity contribution in [3.8, 4) is 0 Å². The highest BCUT2D eigenvalue weighted by Crippen LogP contribution is 2.21. The number of nitrogens with one attached hydrogen (secondary N) is 1. The van der Waals surface area contributed by atoms with Gasteiger partial charge in [-0.05, 0) is 44.0 Å². The second-order valence-corrected chi connectivity index (χ2v) is 6.48. The van der Waals surface area contributed by atoms with Crippen LogP contribution in [0.5, 0.6) is 0 Å². The summed E-state index contributed by atoms with van der Waals surface area (Å²) in [4.78, 5) is 9.26. The number of hydrogen-bond donors (Lipinski definition) is 1. The standard InChI is InChI=1S/C15H27N3S/c1-10(2)7-16-8-11(3)15-12(4)17-14(9-19-6)18-13(15)5/h10-11,16H,7-9H2,1-6H3. The van der Waals surface area contributed by atoms with Crippen LogP contribution in [0.4, 0.5) is 0 Å². The van der Waals surface area contributed by atoms with E-state index in [2.05, 4.69) is 56.2 Å². The van der Waals surface area contributed by atoms with Gasteiger partial charge in [-0.15, -0.1) is 0 Å². The van der Waals surface area contributed by atoms with Gasteiger partial charge < -0.3 is 5.32 Å². The lowest BCUT2D eigenvalue weighted by molar-refractivity contribution is 0.525. The van der Waals surface area contributed by atoms with E-state index < -0.39 is 0 Å². The molecule has 0 aliphatic rings. The monoisotopic (exact) mass is 281 g/mol. The molecule has 1 unspecified atom stereocenters. The first-order chi connectivity index (χ1) is 8.95. The van der Waals surface area contributed by atoms with E-state index in [1.54, 1.807) is 11.8 Å². The summed E-state index contributed by atoms with van der Waals surface area (Å²) in [6.45, 7) is 13.0. The lowest BCUT2D eigenvalue weighted by atomic mass is 9.98. The maximum atomic E-state index is 4.63. The summed E-state index contributed by atoms with van der Waals surface area (Å²) in [6, 6.07) is 0. The minimum Gasteiger partial charge on any atom is -0.316 e. The summed E-state index contributed by atoms with van der Waals surface area (Å²) in [5, 5.41) is 3.52. The van der Waals surface area contributed by atoms with Crippen molar-refractivity contribution in [2.24, 2.45) is 5.92 Å². The number of rotatable bonds is 7. The van der Waals surface area contributed by atoms with Gasteiger partial charge in [0.1, 0.15) is 5.82 Å². The van der Waals surface area contributed by atoms with E-state index in [9.17, 15) is 0 Å². The normalized spacial score (nSPS) is 13.0. The number of aryl methyl sites for hydroxylation is 2. The molecule has 0 bridgehead atoms. The van der Waals surface area contributed by atoms with E-state index in [0.29, 0.717) is 11.8 Å². The molecule has 0 saturated carbocycles. The molecule has 1 rings (SSSR count). The van der Waals surface area contributed by atoms with Crippen molar-refractivity contribution in [2.45, 2.75) is 46.3 Å². The van der Waals surface area contributed by atoms with Gasteiger partial charge in [-0.2, -0.15) is 11.8 Å². The first-order valence-corrected chi connectivity index (χ1v) is 8.38. The Morgan fingerprint density at radius 1 is 1.05 bits per heavy atom. The van der Waals surface area contributed by atoms with Crippen molar-refractivity contribution in [1.29, 1.82) is 0 Å². The van der Waals surface area contributed by atoms with E-state index in [0.717, 1.165) is 36.1 Å². The molecule has 0 radical (unpaired) electrons. The molecular formula is C15H27N3S. The van der Waals surface area contributed by atoms with Gasteiger partial charge in [0, 0.05) is 17.9 Å². The van der Waals surface area contributed by atoms with Gasteiger partial charge >= 0.3 is 0 Å². The zero-order valence-electron chi connectivity index (χ0n) is 13.1. The zero-order chi connectivity index (χ0) is 14.4. The molecule has 0 saturated heterocycles. The molecule has 1 N–H and O–H groups in total. The average molecular weight is 281 g/mol. The second kappa shape index (κ2) is 7.85. The second-order valence-electron chi connectivity index (χ2n) is 5.61. The third-order valence-electron chi connectivity index (χ3n) is 3.14. The predicted molar refractivity (Wildman–Crippen MR) is 84.8 cm³/mol. The minimum absolute atomic E-state index is 0.460. The number of nitrogens with zero attached hydrogens (tertiary/aromatic N) is 2. The molecule has 1 atom stereocenters. The smallest absolute Gasteiger partial charge is 0.138 e. The van der Waals surface area contributed by atoms with Crippen LogP contribution < -0.4 is 5.32 Å². The SMILES string of the molecule is CSCc1nc(C)c(C(C)CNCC(C)C)c(C)n1. The van der Waals surface area contributed by atoms with Crippen molar-refractivity contribution in [3.05, 3.63) is 22.8 Å². The van der Waals surface area contributed by atoms with Crippen LogP contribution >= 0.6 is 11.8 Å². The molecule has 0 fully saturated rings. The summed E-state index contributed by atoms with van der Waals surface area (Å²) in [7, 11) is 0. The quantitative estimate of drug-likeness (QED) is 0.832. The van der Waals surface area contributed by atoms with Crippen molar-refractivity contribution in [1.82, 2.24) is 15.3 Å². The van der Waals surface area contributed by atoms with E-state index in [1.807, 2.05) is 0 Å². The molecule has 0 amide bonds. The number of aromatic nitrogens is 2. The van der Waals surface area contributed by atoms with Gasteiger partial charge in [0.2, 0.25) is 0 Å². The van der Waals surface area contributed by atoms with Gasteiger partial charge in [0.15, 0.2) is 0 Å². The van der Waals surface area contributed by atoms with Crippen molar-refractivity contribution in [2.75, 3.05) is 19.3 Å². The maximum Gasteiger partial charge on any atom is 0.138 e. The topological polar surface area (TPSA) is 37.8 Å². The predicted octanol–water partition coefficient (Wildman–Crippen LogP) is 3.31. The summed E-state index contributed by atoms with van der Waals surface area (Å²) in [5.41, 5.74) is 3.58. The highest BCUT2D eigenvalue weighted by molar-refractivity contribution is 7.97. The molecule has 0 aromatic carbocycles. The van der Waals surface area contributed by atoms with Gasteiger partial charge in [-0.1, -0.05) is 20.8 Å². The molecule has 108 valence electrons. The van der Waals surface area contributed by atoms with Crippen LogP contribution in [0.3, 0.4) is 0 Å². The van der Waals surface area contributed by atoms with Crippen LogP contribution in [-0.2, 0) is 5.75 Å². The summed E-state index contributed by atoms with van der Waals surface area (Å²) >= 11 is 1.77. The number of hydrogen-bond acceptors (Lipinski definition) is 4. The van der Waals surface area contributed by atoms with Gasteiger partial charge in [-0.3, -0.25) is 0 Å². The van der Waals surface area contributed by atoms with Crippen LogP contribution in [0.1, 0.15) is 49.5 Å². The Kier molecular flexibility index (Phi) is 6.80. The lowest BCUT2D eigenvalue weighted by Crippen LogP contribution is -2.25. The highest BCUT2D eigenvalue weighted by Gasteiger charge is 2.14. The van der Waals surface area contributed by atoms with Crippen LogP contribution in [-0.4, -0.2) is 29.3 Å². The van der Waals surface area contributed by atoms with Crippen LogP contribution in [0.25, 0.3) is 0 Å². The summed E-state index contributed by atoms with van der Waals surface area (Å²) in [6.07, 6.45) is 2.08. The molecule has 0 aliphatic carbocycles. The largest absolute Gasteiger partial charge is 0.316 e. The fourth-order valence-corrected chi connectivity index (χ4v) is 2.78.